The zero-order chi connectivity index (χ0) is 19.0. The number of carbonyl (C=O) groups excluding carboxylic acids is 2. The van der Waals surface area contributed by atoms with Crippen LogP contribution in [0, 0.1) is 17.3 Å². The van der Waals surface area contributed by atoms with E-state index in [0.717, 1.165) is 31.4 Å². The maximum Gasteiger partial charge on any atom is 0.274 e. The summed E-state index contributed by atoms with van der Waals surface area (Å²) in [5.74, 6) is 0.658. The van der Waals surface area contributed by atoms with Gasteiger partial charge in [0.2, 0.25) is 11.8 Å². The molecule has 2 aliphatic carbocycles. The number of aromatic nitrogens is 1. The van der Waals surface area contributed by atoms with E-state index in [-0.39, 0.29) is 23.2 Å². The quantitative estimate of drug-likeness (QED) is 0.630. The lowest BCUT2D eigenvalue weighted by Crippen LogP contribution is -2.41. The lowest BCUT2D eigenvalue weighted by Gasteiger charge is -2.40. The molecule has 2 unspecified atom stereocenters. The van der Waals surface area contributed by atoms with Crippen LogP contribution in [0.4, 0.5) is 5.69 Å². The van der Waals surface area contributed by atoms with Crippen LogP contribution in [0.1, 0.15) is 25.7 Å². The number of anilines is 1. The van der Waals surface area contributed by atoms with Crippen molar-refractivity contribution in [3.8, 4) is 5.88 Å². The van der Waals surface area contributed by atoms with E-state index in [1.165, 1.54) is 0 Å². The molecule has 27 heavy (non-hydrogen) atoms. The number of nitrogens with one attached hydrogen (secondary N) is 1. The molecular formula is C20H23N3O4. The molecule has 3 atom stereocenters. The van der Waals surface area contributed by atoms with E-state index in [1.807, 2.05) is 23.1 Å². The van der Waals surface area contributed by atoms with Crippen LogP contribution in [0.5, 0.6) is 5.88 Å². The Morgan fingerprint density at radius 1 is 1.41 bits per heavy atom. The lowest BCUT2D eigenvalue weighted by atomic mass is 9.63. The molecule has 1 spiro atoms. The number of carbonyl (C=O) groups is 2. The maximum atomic E-state index is 13.3. The highest BCUT2D eigenvalue weighted by molar-refractivity contribution is 6.00. The van der Waals surface area contributed by atoms with Crippen LogP contribution < -0.4 is 15.1 Å². The summed E-state index contributed by atoms with van der Waals surface area (Å²) in [6.45, 7) is 0.696. The summed E-state index contributed by atoms with van der Waals surface area (Å²) in [6.07, 6.45) is 10.6. The Morgan fingerprint density at radius 3 is 3.04 bits per heavy atom. The zero-order valence-corrected chi connectivity index (χ0v) is 15.2. The van der Waals surface area contributed by atoms with E-state index in [0.29, 0.717) is 18.0 Å². The summed E-state index contributed by atoms with van der Waals surface area (Å²) >= 11 is 0. The molecule has 0 bridgehead atoms. The van der Waals surface area contributed by atoms with Gasteiger partial charge in [-0.1, -0.05) is 18.2 Å². The second-order valence-electron chi connectivity index (χ2n) is 7.54. The Kier molecular flexibility index (Phi) is 4.47. The van der Waals surface area contributed by atoms with Crippen molar-refractivity contribution < 1.29 is 19.5 Å². The summed E-state index contributed by atoms with van der Waals surface area (Å²) in [5, 5.41) is 8.82. The van der Waals surface area contributed by atoms with Gasteiger partial charge in [-0.25, -0.2) is 10.5 Å². The summed E-state index contributed by atoms with van der Waals surface area (Å²) in [6, 6.07) is 3.64. The van der Waals surface area contributed by atoms with E-state index in [1.54, 1.807) is 30.9 Å². The smallest absolute Gasteiger partial charge is 0.274 e. The maximum absolute atomic E-state index is 13.3. The molecule has 1 aromatic heterocycles. The summed E-state index contributed by atoms with van der Waals surface area (Å²) in [4.78, 5) is 30.9. The van der Waals surface area contributed by atoms with Gasteiger partial charge in [0.25, 0.3) is 5.91 Å². The van der Waals surface area contributed by atoms with Gasteiger partial charge >= 0.3 is 0 Å². The highest BCUT2D eigenvalue weighted by atomic mass is 16.5. The van der Waals surface area contributed by atoms with Gasteiger partial charge in [0.15, 0.2) is 0 Å². The number of pyridine rings is 1. The first-order valence-corrected chi connectivity index (χ1v) is 9.23. The monoisotopic (exact) mass is 369 g/mol. The van der Waals surface area contributed by atoms with Gasteiger partial charge in [0.1, 0.15) is 0 Å². The van der Waals surface area contributed by atoms with Crippen LogP contribution >= 0.6 is 0 Å². The fraction of sp³-hybridized carbons (Fsp3) is 0.450. The topological polar surface area (TPSA) is 91.8 Å². The van der Waals surface area contributed by atoms with Gasteiger partial charge in [-0.05, 0) is 43.6 Å². The van der Waals surface area contributed by atoms with Crippen LogP contribution in [0.15, 0.2) is 42.1 Å². The number of methoxy groups -OCH3 is 1. The Labute approximate surface area is 157 Å². The lowest BCUT2D eigenvalue weighted by molar-refractivity contribution is -0.128. The molecule has 3 aliphatic rings. The van der Waals surface area contributed by atoms with Crippen LogP contribution in [0.25, 0.3) is 0 Å². The predicted octanol–water partition coefficient (Wildman–Crippen LogP) is 2.23. The highest BCUT2D eigenvalue weighted by Gasteiger charge is 2.51. The summed E-state index contributed by atoms with van der Waals surface area (Å²) in [5.41, 5.74) is 2.65. The number of ether oxygens (including phenoxy) is 1. The molecule has 1 aromatic rings. The first-order valence-electron chi connectivity index (χ1n) is 9.23. The predicted molar refractivity (Wildman–Crippen MR) is 98.2 cm³/mol. The van der Waals surface area contributed by atoms with Crippen molar-refractivity contribution in [1.82, 2.24) is 10.5 Å². The fourth-order valence-corrected chi connectivity index (χ4v) is 4.68. The largest absolute Gasteiger partial charge is 0.481 e. The number of fused-ring (bicyclic) bond motifs is 1. The number of hydroxylamine groups is 1. The standard InChI is InChI=1S/C20H23N3O4/c1-27-17-11-16(5-8-21-17)23-9-7-20(19(23)25)6-4-13-10-14(18(24)22-26)2-3-15(13)12-20/h2-3,5,8,10-11,13,15,26H,4,6-7,9,12H2,1H3,(H,22,24)/t13?,15?,20-/m0/s1. The fourth-order valence-electron chi connectivity index (χ4n) is 4.68. The summed E-state index contributed by atoms with van der Waals surface area (Å²) < 4.78 is 5.18. The third-order valence-electron chi connectivity index (χ3n) is 6.16. The molecule has 0 aromatic carbocycles. The van der Waals surface area contributed by atoms with Gasteiger partial charge in [-0.2, -0.15) is 0 Å². The SMILES string of the molecule is COc1cc(N2CC[C@]3(CCC4C=C(C(=O)NO)C=CC4C3)C2=O)ccn1. The second kappa shape index (κ2) is 6.81. The van der Waals surface area contributed by atoms with Crippen molar-refractivity contribution in [1.29, 1.82) is 0 Å². The average molecular weight is 369 g/mol. The molecule has 2 fully saturated rings. The van der Waals surface area contributed by atoms with Crippen molar-refractivity contribution in [3.05, 3.63) is 42.1 Å². The van der Waals surface area contributed by atoms with E-state index in [4.69, 9.17) is 9.94 Å². The Morgan fingerprint density at radius 2 is 2.26 bits per heavy atom. The van der Waals surface area contributed by atoms with E-state index in [9.17, 15) is 9.59 Å². The number of hydrogen-bond donors (Lipinski definition) is 2. The molecule has 1 aliphatic heterocycles. The minimum absolute atomic E-state index is 0.172. The molecule has 1 saturated heterocycles. The average Bonchev–Trinajstić information content (AvgIpc) is 3.02. The molecule has 7 heteroatoms. The molecule has 2 heterocycles. The molecular weight excluding hydrogens is 346 g/mol. The van der Waals surface area contributed by atoms with Crippen molar-refractivity contribution in [2.45, 2.75) is 25.7 Å². The number of nitrogens with zero attached hydrogens (tertiary/aromatic N) is 2. The second-order valence-corrected chi connectivity index (χ2v) is 7.54. The van der Waals surface area contributed by atoms with E-state index >= 15 is 0 Å². The van der Waals surface area contributed by atoms with E-state index < -0.39 is 5.91 Å². The Hall–Kier alpha value is -2.67. The van der Waals surface area contributed by atoms with Crippen molar-refractivity contribution in [2.75, 3.05) is 18.6 Å². The first-order chi connectivity index (χ1) is 13.1. The molecule has 1 saturated carbocycles. The van der Waals surface area contributed by atoms with Gasteiger partial charge < -0.3 is 9.64 Å². The van der Waals surface area contributed by atoms with Gasteiger partial charge in [-0.3, -0.25) is 14.8 Å². The van der Waals surface area contributed by atoms with Crippen molar-refractivity contribution in [3.63, 3.8) is 0 Å². The van der Waals surface area contributed by atoms with Gasteiger partial charge in [0, 0.05) is 24.4 Å². The molecule has 7 nitrogen and oxygen atoms in total. The minimum atomic E-state index is -0.486. The van der Waals surface area contributed by atoms with E-state index in [2.05, 4.69) is 4.98 Å². The normalized spacial score (nSPS) is 29.5. The minimum Gasteiger partial charge on any atom is -0.481 e. The number of rotatable bonds is 3. The number of hydrogen-bond acceptors (Lipinski definition) is 5. The van der Waals surface area contributed by atoms with Crippen LogP contribution in [0.3, 0.4) is 0 Å². The van der Waals surface area contributed by atoms with Gasteiger partial charge in [0.05, 0.1) is 18.2 Å². The third kappa shape index (κ3) is 3.02. The zero-order valence-electron chi connectivity index (χ0n) is 15.2. The summed E-state index contributed by atoms with van der Waals surface area (Å²) in [7, 11) is 1.56. The number of amides is 2. The van der Waals surface area contributed by atoms with Crippen molar-refractivity contribution in [2.24, 2.45) is 17.3 Å². The Bertz CT molecular complexity index is 834. The van der Waals surface area contributed by atoms with Crippen molar-refractivity contribution >= 4 is 17.5 Å². The number of allylic oxidation sites excluding steroid dienone is 2. The van der Waals surface area contributed by atoms with Gasteiger partial charge in [-0.15, -0.1) is 0 Å². The van der Waals surface area contributed by atoms with Crippen LogP contribution in [0.2, 0.25) is 0 Å². The molecule has 0 radical (unpaired) electrons. The molecule has 4 rings (SSSR count). The molecule has 2 amide bonds. The first kappa shape index (κ1) is 17.7. The highest BCUT2D eigenvalue weighted by Crippen LogP contribution is 2.51. The third-order valence-corrected chi connectivity index (χ3v) is 6.16. The van der Waals surface area contributed by atoms with Crippen LogP contribution in [-0.2, 0) is 9.59 Å². The Balaban J connectivity index is 1.52. The molecule has 2 N–H and O–H groups in total. The molecule has 142 valence electrons. The van der Waals surface area contributed by atoms with Crippen LogP contribution in [-0.4, -0.2) is 35.7 Å².